The molecule has 0 amide bonds. The predicted molar refractivity (Wildman–Crippen MR) is 108 cm³/mol. The van der Waals surface area contributed by atoms with Crippen LogP contribution in [0.15, 0.2) is 85.2 Å². The molecule has 6 rings (SSSR count). The van der Waals surface area contributed by atoms with Crippen LogP contribution in [-0.4, -0.2) is 14.5 Å². The van der Waals surface area contributed by atoms with Crippen LogP contribution < -0.4 is 0 Å². The van der Waals surface area contributed by atoms with Gasteiger partial charge in [-0.25, -0.2) is 4.98 Å². The number of rotatable bonds is 1. The van der Waals surface area contributed by atoms with Gasteiger partial charge in [0, 0.05) is 39.6 Å². The standard InChI is InChI=1S/C23H15N3/c1-2-6-17-15(5-1)8-10-18-21(17)22-19(25-18)11-9-16-12-14-26(23(16)22)20-7-3-4-13-24-20/h1-14,25H. The molecule has 26 heavy (non-hydrogen) atoms. The summed E-state index contributed by atoms with van der Waals surface area (Å²) in [5.74, 6) is 0.935. The SMILES string of the molecule is c1ccc(-n2ccc3ccc4[nH]c5ccc6ccccc6c5c4c32)nc1. The Morgan fingerprint density at radius 2 is 1.50 bits per heavy atom. The first kappa shape index (κ1) is 13.7. The highest BCUT2D eigenvalue weighted by Gasteiger charge is 2.14. The third-order valence-corrected chi connectivity index (χ3v) is 5.20. The van der Waals surface area contributed by atoms with Gasteiger partial charge < -0.3 is 9.55 Å². The Bertz CT molecular complexity index is 1420. The van der Waals surface area contributed by atoms with Gasteiger partial charge in [0.15, 0.2) is 0 Å². The lowest BCUT2D eigenvalue weighted by atomic mass is 10.0. The van der Waals surface area contributed by atoms with Crippen LogP contribution in [0.5, 0.6) is 0 Å². The Hall–Kier alpha value is -3.59. The molecule has 0 unspecified atom stereocenters. The Balaban J connectivity index is 1.89. The summed E-state index contributed by atoms with van der Waals surface area (Å²) in [5, 5.41) is 6.29. The van der Waals surface area contributed by atoms with Crippen molar-refractivity contribution in [2.75, 3.05) is 0 Å². The van der Waals surface area contributed by atoms with Gasteiger partial charge in [-0.15, -0.1) is 0 Å². The molecular formula is C23H15N3. The molecule has 0 atom stereocenters. The van der Waals surface area contributed by atoms with Crippen LogP contribution in [0.1, 0.15) is 0 Å². The summed E-state index contributed by atoms with van der Waals surface area (Å²) < 4.78 is 2.19. The third-order valence-electron chi connectivity index (χ3n) is 5.20. The van der Waals surface area contributed by atoms with E-state index < -0.39 is 0 Å². The van der Waals surface area contributed by atoms with Crippen molar-refractivity contribution in [3.8, 4) is 5.82 Å². The van der Waals surface area contributed by atoms with E-state index in [1.807, 2.05) is 24.4 Å². The zero-order valence-corrected chi connectivity index (χ0v) is 14.0. The quantitative estimate of drug-likeness (QED) is 0.404. The molecule has 122 valence electrons. The van der Waals surface area contributed by atoms with E-state index in [9.17, 15) is 0 Å². The topological polar surface area (TPSA) is 33.6 Å². The van der Waals surface area contributed by atoms with Gasteiger partial charge in [0.2, 0.25) is 0 Å². The Labute approximate surface area is 149 Å². The molecular weight excluding hydrogens is 318 g/mol. The van der Waals surface area contributed by atoms with Gasteiger partial charge >= 0.3 is 0 Å². The summed E-state index contributed by atoms with van der Waals surface area (Å²) in [5.41, 5.74) is 3.52. The molecule has 0 aliphatic carbocycles. The maximum atomic E-state index is 4.56. The third kappa shape index (κ3) is 1.74. The molecule has 3 nitrogen and oxygen atoms in total. The molecule has 0 radical (unpaired) electrons. The van der Waals surface area contributed by atoms with Crippen molar-refractivity contribution in [2.24, 2.45) is 0 Å². The summed E-state index contributed by atoms with van der Waals surface area (Å²) in [6.07, 6.45) is 3.95. The fourth-order valence-electron chi connectivity index (χ4n) is 4.07. The summed E-state index contributed by atoms with van der Waals surface area (Å²) in [4.78, 5) is 8.15. The maximum Gasteiger partial charge on any atom is 0.137 e. The maximum absolute atomic E-state index is 4.56. The van der Waals surface area contributed by atoms with Crippen LogP contribution in [0.2, 0.25) is 0 Å². The first-order valence-electron chi connectivity index (χ1n) is 8.75. The van der Waals surface area contributed by atoms with Crippen molar-refractivity contribution in [1.29, 1.82) is 0 Å². The number of hydrogen-bond donors (Lipinski definition) is 1. The van der Waals surface area contributed by atoms with Crippen LogP contribution in [0.25, 0.3) is 49.3 Å². The average Bonchev–Trinajstić information content (AvgIpc) is 3.29. The van der Waals surface area contributed by atoms with E-state index in [-0.39, 0.29) is 0 Å². The van der Waals surface area contributed by atoms with Crippen molar-refractivity contribution in [2.45, 2.75) is 0 Å². The molecule has 0 aliphatic heterocycles. The fraction of sp³-hybridized carbons (Fsp3) is 0. The minimum atomic E-state index is 0.935. The Morgan fingerprint density at radius 1 is 0.692 bits per heavy atom. The zero-order valence-electron chi connectivity index (χ0n) is 14.0. The van der Waals surface area contributed by atoms with Crippen molar-refractivity contribution >= 4 is 43.5 Å². The van der Waals surface area contributed by atoms with E-state index in [0.29, 0.717) is 0 Å². The highest BCUT2D eigenvalue weighted by molar-refractivity contribution is 6.27. The first-order valence-corrected chi connectivity index (χ1v) is 8.75. The van der Waals surface area contributed by atoms with E-state index in [1.165, 1.54) is 38.0 Å². The number of hydrogen-bond acceptors (Lipinski definition) is 1. The number of aromatic nitrogens is 3. The predicted octanol–water partition coefficient (Wildman–Crippen LogP) is 5.81. The average molecular weight is 333 g/mol. The van der Waals surface area contributed by atoms with E-state index in [1.54, 1.807) is 0 Å². The first-order chi connectivity index (χ1) is 12.9. The van der Waals surface area contributed by atoms with Gasteiger partial charge in [0.05, 0.1) is 5.52 Å². The monoisotopic (exact) mass is 333 g/mol. The number of pyridine rings is 1. The molecule has 0 fully saturated rings. The highest BCUT2D eigenvalue weighted by Crippen LogP contribution is 2.37. The number of benzene rings is 3. The van der Waals surface area contributed by atoms with Gasteiger partial charge in [0.1, 0.15) is 5.82 Å². The highest BCUT2D eigenvalue weighted by atomic mass is 15.0. The summed E-state index contributed by atoms with van der Waals surface area (Å²) in [7, 11) is 0. The van der Waals surface area contributed by atoms with Crippen LogP contribution in [0.4, 0.5) is 0 Å². The van der Waals surface area contributed by atoms with Crippen molar-refractivity contribution in [1.82, 2.24) is 14.5 Å². The number of nitrogens with zero attached hydrogens (tertiary/aromatic N) is 2. The lowest BCUT2D eigenvalue weighted by Crippen LogP contribution is -1.94. The zero-order chi connectivity index (χ0) is 17.1. The Kier molecular flexibility index (Phi) is 2.61. The molecule has 0 bridgehead atoms. The van der Waals surface area contributed by atoms with Gasteiger partial charge in [-0.05, 0) is 41.1 Å². The molecule has 3 heterocycles. The normalized spacial score (nSPS) is 11.8. The molecule has 0 saturated carbocycles. The second kappa shape index (κ2) is 4.96. The largest absolute Gasteiger partial charge is 0.354 e. The van der Waals surface area contributed by atoms with Crippen LogP contribution in [0, 0.1) is 0 Å². The number of fused-ring (bicyclic) bond motifs is 7. The molecule has 1 N–H and O–H groups in total. The molecule has 0 spiro atoms. The lowest BCUT2D eigenvalue weighted by Gasteiger charge is -2.06. The molecule has 3 aromatic carbocycles. The number of nitrogens with one attached hydrogen (secondary N) is 1. The van der Waals surface area contributed by atoms with E-state index in [0.717, 1.165) is 11.3 Å². The van der Waals surface area contributed by atoms with E-state index in [2.05, 4.69) is 75.3 Å². The minimum absolute atomic E-state index is 0.935. The van der Waals surface area contributed by atoms with Crippen molar-refractivity contribution in [3.63, 3.8) is 0 Å². The second-order valence-electron chi connectivity index (χ2n) is 6.63. The van der Waals surface area contributed by atoms with Crippen LogP contribution >= 0.6 is 0 Å². The fourth-order valence-corrected chi connectivity index (χ4v) is 4.07. The van der Waals surface area contributed by atoms with E-state index >= 15 is 0 Å². The van der Waals surface area contributed by atoms with Crippen LogP contribution in [-0.2, 0) is 0 Å². The lowest BCUT2D eigenvalue weighted by molar-refractivity contribution is 1.05. The summed E-state index contributed by atoms with van der Waals surface area (Å²) in [6, 6.07) is 25.5. The molecule has 6 aromatic rings. The molecule has 3 heteroatoms. The number of H-pyrrole nitrogens is 1. The van der Waals surface area contributed by atoms with Crippen molar-refractivity contribution < 1.29 is 0 Å². The smallest absolute Gasteiger partial charge is 0.137 e. The van der Waals surface area contributed by atoms with Gasteiger partial charge in [-0.3, -0.25) is 0 Å². The van der Waals surface area contributed by atoms with Crippen molar-refractivity contribution in [3.05, 3.63) is 85.2 Å². The minimum Gasteiger partial charge on any atom is -0.354 e. The Morgan fingerprint density at radius 3 is 2.38 bits per heavy atom. The summed E-state index contributed by atoms with van der Waals surface area (Å²) >= 11 is 0. The summed E-state index contributed by atoms with van der Waals surface area (Å²) in [6.45, 7) is 0. The van der Waals surface area contributed by atoms with Gasteiger partial charge in [-0.2, -0.15) is 0 Å². The van der Waals surface area contributed by atoms with Gasteiger partial charge in [-0.1, -0.05) is 42.5 Å². The number of aromatic amines is 1. The molecule has 3 aromatic heterocycles. The molecule has 0 saturated heterocycles. The molecule has 0 aliphatic rings. The van der Waals surface area contributed by atoms with Crippen LogP contribution in [0.3, 0.4) is 0 Å². The van der Waals surface area contributed by atoms with Gasteiger partial charge in [0.25, 0.3) is 0 Å². The van der Waals surface area contributed by atoms with E-state index in [4.69, 9.17) is 0 Å². The second-order valence-corrected chi connectivity index (χ2v) is 6.63.